The van der Waals surface area contributed by atoms with Crippen molar-refractivity contribution in [3.63, 3.8) is 0 Å². The van der Waals surface area contributed by atoms with Crippen molar-refractivity contribution in [2.24, 2.45) is 11.8 Å². The van der Waals surface area contributed by atoms with E-state index >= 15 is 0 Å². The Morgan fingerprint density at radius 3 is 2.83 bits per heavy atom. The molecule has 2 N–H and O–H groups in total. The fraction of sp³-hybridized carbons (Fsp3) is 0.611. The highest BCUT2D eigenvalue weighted by molar-refractivity contribution is 9.10. The van der Waals surface area contributed by atoms with E-state index < -0.39 is 0 Å². The molecule has 0 radical (unpaired) electrons. The topological polar surface area (TPSA) is 52.6 Å². The summed E-state index contributed by atoms with van der Waals surface area (Å²) in [5.74, 6) is 0.846. The highest BCUT2D eigenvalue weighted by Gasteiger charge is 2.46. The third kappa shape index (κ3) is 2.58. The molecule has 0 spiro atoms. The molecule has 1 aliphatic carbocycles. The van der Waals surface area contributed by atoms with Crippen molar-refractivity contribution in [3.8, 4) is 0 Å². The van der Waals surface area contributed by atoms with Crippen LogP contribution in [0.1, 0.15) is 43.7 Å². The minimum Gasteiger partial charge on any atom is -0.394 e. The van der Waals surface area contributed by atoms with Gasteiger partial charge in [-0.15, -0.1) is 0 Å². The lowest BCUT2D eigenvalue weighted by Crippen LogP contribution is -2.44. The Bertz CT molecular complexity index is 615. The molecular formula is C18H23BrN2O2. The average Bonchev–Trinajstić information content (AvgIpc) is 3.23. The molecule has 3 aliphatic rings. The number of aliphatic hydroxyl groups excluding tert-OH is 1. The van der Waals surface area contributed by atoms with Crippen LogP contribution in [0.15, 0.2) is 22.7 Å². The summed E-state index contributed by atoms with van der Waals surface area (Å²) in [4.78, 5) is 15.1. The summed E-state index contributed by atoms with van der Waals surface area (Å²) in [7, 11) is 0. The lowest BCUT2D eigenvalue weighted by Gasteiger charge is -2.39. The minimum absolute atomic E-state index is 0.0371. The largest absolute Gasteiger partial charge is 0.394 e. The quantitative estimate of drug-likeness (QED) is 0.829. The highest BCUT2D eigenvalue weighted by atomic mass is 79.9. The van der Waals surface area contributed by atoms with Gasteiger partial charge in [0.2, 0.25) is 5.91 Å². The molecule has 1 saturated heterocycles. The number of nitrogens with zero attached hydrogens (tertiary/aromatic N) is 1. The second kappa shape index (κ2) is 6.10. The molecule has 0 aromatic heterocycles. The van der Waals surface area contributed by atoms with Crippen LogP contribution in [0, 0.1) is 11.8 Å². The molecule has 2 heterocycles. The van der Waals surface area contributed by atoms with Crippen LogP contribution in [0.2, 0.25) is 0 Å². The molecule has 0 bridgehead atoms. The van der Waals surface area contributed by atoms with E-state index in [-0.39, 0.29) is 24.6 Å². The Morgan fingerprint density at radius 1 is 1.30 bits per heavy atom. The monoisotopic (exact) mass is 378 g/mol. The van der Waals surface area contributed by atoms with Crippen molar-refractivity contribution in [2.45, 2.75) is 44.2 Å². The smallest absolute Gasteiger partial charge is 0.226 e. The summed E-state index contributed by atoms with van der Waals surface area (Å²) >= 11 is 3.56. The summed E-state index contributed by atoms with van der Waals surface area (Å²) in [6, 6.07) is 6.34. The maximum Gasteiger partial charge on any atom is 0.226 e. The second-order valence-electron chi connectivity index (χ2n) is 7.08. The third-order valence-electron chi connectivity index (χ3n) is 5.82. The number of amides is 1. The maximum absolute atomic E-state index is 13.0. The van der Waals surface area contributed by atoms with Gasteiger partial charge in [-0.25, -0.2) is 0 Å². The van der Waals surface area contributed by atoms with Crippen molar-refractivity contribution in [1.29, 1.82) is 0 Å². The van der Waals surface area contributed by atoms with Crippen LogP contribution in [0.25, 0.3) is 0 Å². The van der Waals surface area contributed by atoms with Gasteiger partial charge < -0.3 is 15.3 Å². The van der Waals surface area contributed by atoms with Crippen LogP contribution >= 0.6 is 15.9 Å². The predicted octanol–water partition coefficient (Wildman–Crippen LogP) is 3.32. The molecule has 3 atom stereocenters. The fourth-order valence-corrected chi connectivity index (χ4v) is 5.07. The van der Waals surface area contributed by atoms with Gasteiger partial charge in [0.15, 0.2) is 0 Å². The zero-order valence-corrected chi connectivity index (χ0v) is 14.8. The number of carbonyl (C=O) groups is 1. The van der Waals surface area contributed by atoms with Gasteiger partial charge in [-0.2, -0.15) is 0 Å². The van der Waals surface area contributed by atoms with E-state index in [2.05, 4.69) is 38.3 Å². The number of anilines is 1. The second-order valence-corrected chi connectivity index (χ2v) is 7.99. The van der Waals surface area contributed by atoms with Crippen LogP contribution < -0.4 is 5.32 Å². The Labute approximate surface area is 145 Å². The molecule has 23 heavy (non-hydrogen) atoms. The number of likely N-dealkylation sites (tertiary alicyclic amines) is 1. The number of hydrogen-bond donors (Lipinski definition) is 2. The molecule has 2 aliphatic heterocycles. The van der Waals surface area contributed by atoms with Crippen LogP contribution in [-0.2, 0) is 4.79 Å². The Kier molecular flexibility index (Phi) is 4.10. The van der Waals surface area contributed by atoms with Crippen molar-refractivity contribution >= 4 is 27.5 Å². The van der Waals surface area contributed by atoms with Gasteiger partial charge in [0, 0.05) is 28.5 Å². The van der Waals surface area contributed by atoms with Gasteiger partial charge in [-0.1, -0.05) is 28.8 Å². The first-order chi connectivity index (χ1) is 11.2. The van der Waals surface area contributed by atoms with E-state index in [9.17, 15) is 9.90 Å². The number of hydrogen-bond acceptors (Lipinski definition) is 3. The van der Waals surface area contributed by atoms with Gasteiger partial charge in [0.05, 0.1) is 18.7 Å². The fourth-order valence-electron chi connectivity index (χ4n) is 4.69. The molecule has 1 aromatic rings. The van der Waals surface area contributed by atoms with Crippen LogP contribution in [0.3, 0.4) is 0 Å². The molecule has 4 nitrogen and oxygen atoms in total. The lowest BCUT2D eigenvalue weighted by atomic mass is 9.83. The van der Waals surface area contributed by atoms with E-state index in [1.54, 1.807) is 0 Å². The predicted molar refractivity (Wildman–Crippen MR) is 93.2 cm³/mol. The summed E-state index contributed by atoms with van der Waals surface area (Å²) in [6.07, 6.45) is 5.41. The molecule has 1 saturated carbocycles. The number of halogens is 1. The first kappa shape index (κ1) is 15.5. The van der Waals surface area contributed by atoms with E-state index in [1.807, 2.05) is 6.07 Å². The highest BCUT2D eigenvalue weighted by Crippen LogP contribution is 2.48. The normalized spacial score (nSPS) is 30.0. The van der Waals surface area contributed by atoms with Crippen LogP contribution in [0.4, 0.5) is 5.69 Å². The summed E-state index contributed by atoms with van der Waals surface area (Å²) in [5, 5.41) is 13.2. The number of fused-ring (bicyclic) bond motifs is 3. The van der Waals surface area contributed by atoms with Crippen molar-refractivity contribution in [3.05, 3.63) is 28.2 Å². The molecular weight excluding hydrogens is 356 g/mol. The summed E-state index contributed by atoms with van der Waals surface area (Å²) in [6.45, 7) is 0.928. The number of aliphatic hydroxyl groups is 1. The van der Waals surface area contributed by atoms with E-state index in [1.165, 1.54) is 18.4 Å². The van der Waals surface area contributed by atoms with Crippen molar-refractivity contribution < 1.29 is 9.90 Å². The molecule has 1 aromatic carbocycles. The summed E-state index contributed by atoms with van der Waals surface area (Å²) < 4.78 is 1.04. The first-order valence-corrected chi connectivity index (χ1v) is 9.45. The number of rotatable bonds is 2. The lowest BCUT2D eigenvalue weighted by molar-refractivity contribution is -0.136. The molecule has 2 fully saturated rings. The molecule has 5 heteroatoms. The molecule has 4 rings (SSSR count). The van der Waals surface area contributed by atoms with Crippen molar-refractivity contribution in [1.82, 2.24) is 4.90 Å². The van der Waals surface area contributed by atoms with E-state index in [0.29, 0.717) is 11.8 Å². The summed E-state index contributed by atoms with van der Waals surface area (Å²) in [5.41, 5.74) is 2.25. The number of carbonyl (C=O) groups excluding carboxylic acids is 1. The minimum atomic E-state index is 0.0371. The van der Waals surface area contributed by atoms with Crippen LogP contribution in [0.5, 0.6) is 0 Å². The van der Waals surface area contributed by atoms with Gasteiger partial charge in [-0.05, 0) is 43.0 Å². The number of nitrogens with one attached hydrogen (secondary N) is 1. The molecule has 124 valence electrons. The Hall–Kier alpha value is -1.07. The maximum atomic E-state index is 13.0. The Balaban J connectivity index is 1.70. The van der Waals surface area contributed by atoms with Crippen molar-refractivity contribution in [2.75, 3.05) is 18.5 Å². The van der Waals surface area contributed by atoms with Crippen LogP contribution in [-0.4, -0.2) is 35.1 Å². The molecule has 1 amide bonds. The van der Waals surface area contributed by atoms with E-state index in [4.69, 9.17) is 0 Å². The first-order valence-electron chi connectivity index (χ1n) is 8.66. The zero-order chi connectivity index (χ0) is 16.0. The average molecular weight is 379 g/mol. The van der Waals surface area contributed by atoms with Gasteiger partial charge in [0.25, 0.3) is 0 Å². The SMILES string of the molecule is O=C(C1CCCC1)N1CC[C@H]2[C@H](CO)Nc3ccc(Br)cc3[C@H]21. The van der Waals surface area contributed by atoms with E-state index in [0.717, 1.165) is 36.0 Å². The zero-order valence-electron chi connectivity index (χ0n) is 13.2. The molecule has 0 unspecified atom stereocenters. The van der Waals surface area contributed by atoms with Gasteiger partial charge in [-0.3, -0.25) is 4.79 Å². The standard InChI is InChI=1S/C18H23BrN2O2/c19-12-5-6-15-14(9-12)17-13(16(10-22)20-15)7-8-21(17)18(23)11-3-1-2-4-11/h5-6,9,11,13,16-17,20,22H,1-4,7-8,10H2/t13-,16-,17-/m0/s1. The van der Waals surface area contributed by atoms with Gasteiger partial charge in [0.1, 0.15) is 0 Å². The number of benzene rings is 1. The third-order valence-corrected chi connectivity index (χ3v) is 6.31. The van der Waals surface area contributed by atoms with Gasteiger partial charge >= 0.3 is 0 Å². The Morgan fingerprint density at radius 2 is 2.09 bits per heavy atom.